The first-order chi connectivity index (χ1) is 9.79. The van der Waals surface area contributed by atoms with E-state index in [1.54, 1.807) is 0 Å². The lowest BCUT2D eigenvalue weighted by Crippen LogP contribution is -2.51. The Kier molecular flexibility index (Phi) is 9.52. The van der Waals surface area contributed by atoms with Crippen molar-refractivity contribution in [2.75, 3.05) is 13.1 Å². The Bertz CT molecular complexity index is 255. The molecule has 2 amide bonds. The molecule has 1 aliphatic heterocycles. The topological polar surface area (TPSA) is 32.3 Å². The molecular formula is C17H34N2O. The summed E-state index contributed by atoms with van der Waals surface area (Å²) in [6, 6.07) is 0.648. The van der Waals surface area contributed by atoms with E-state index in [4.69, 9.17) is 0 Å². The molecule has 1 heterocycles. The highest BCUT2D eigenvalue weighted by Crippen LogP contribution is 2.19. The summed E-state index contributed by atoms with van der Waals surface area (Å²) >= 11 is 0. The first-order valence-corrected chi connectivity index (χ1v) is 8.84. The highest BCUT2D eigenvalue weighted by atomic mass is 16.2. The summed E-state index contributed by atoms with van der Waals surface area (Å²) in [7, 11) is 0. The van der Waals surface area contributed by atoms with Gasteiger partial charge in [-0.1, -0.05) is 65.2 Å². The normalized spacial score (nSPS) is 17.1. The Hall–Kier alpha value is -0.730. The van der Waals surface area contributed by atoms with Crippen LogP contribution in [0.2, 0.25) is 0 Å². The van der Waals surface area contributed by atoms with Gasteiger partial charge in [0.25, 0.3) is 0 Å². The van der Waals surface area contributed by atoms with E-state index < -0.39 is 0 Å². The standard InChI is InChI=1S/C17H34N2O/c1-3-5-7-8-10-13-16(12-9-6-4-2)19-15-11-14-18-17(19)20/h16H,3-15H2,1-2H3,(H,18,20). The zero-order chi connectivity index (χ0) is 14.6. The Labute approximate surface area is 125 Å². The molecule has 1 unspecified atom stereocenters. The van der Waals surface area contributed by atoms with Gasteiger partial charge in [0.2, 0.25) is 0 Å². The average Bonchev–Trinajstić information content (AvgIpc) is 2.46. The summed E-state index contributed by atoms with van der Waals surface area (Å²) in [6.45, 7) is 6.31. The van der Waals surface area contributed by atoms with Crippen LogP contribution in [0.4, 0.5) is 4.79 Å². The maximum Gasteiger partial charge on any atom is 0.317 e. The lowest BCUT2D eigenvalue weighted by Gasteiger charge is -2.35. The van der Waals surface area contributed by atoms with E-state index in [0.29, 0.717) is 6.04 Å². The predicted octanol–water partition coefficient (Wildman–Crippen LogP) is 4.71. The third-order valence-corrected chi connectivity index (χ3v) is 4.34. The van der Waals surface area contributed by atoms with Gasteiger partial charge in [0.15, 0.2) is 0 Å². The molecule has 0 radical (unpaired) electrons. The first kappa shape index (κ1) is 17.3. The number of hydrogen-bond acceptors (Lipinski definition) is 1. The van der Waals surface area contributed by atoms with Crippen molar-refractivity contribution in [1.29, 1.82) is 0 Å². The zero-order valence-electron chi connectivity index (χ0n) is 13.6. The largest absolute Gasteiger partial charge is 0.338 e. The third kappa shape index (κ3) is 6.62. The van der Waals surface area contributed by atoms with Crippen molar-refractivity contribution in [2.45, 2.75) is 90.5 Å². The lowest BCUT2D eigenvalue weighted by atomic mass is 9.99. The van der Waals surface area contributed by atoms with Crippen LogP contribution in [0.5, 0.6) is 0 Å². The smallest absolute Gasteiger partial charge is 0.317 e. The molecule has 0 bridgehead atoms. The molecule has 20 heavy (non-hydrogen) atoms. The SMILES string of the molecule is CCCCCCCC(CCCCC)N1CCCNC1=O. The van der Waals surface area contributed by atoms with E-state index in [0.717, 1.165) is 19.5 Å². The van der Waals surface area contributed by atoms with Gasteiger partial charge in [-0.15, -0.1) is 0 Å². The lowest BCUT2D eigenvalue weighted by molar-refractivity contribution is 0.150. The molecule has 3 nitrogen and oxygen atoms in total. The minimum absolute atomic E-state index is 0.173. The van der Waals surface area contributed by atoms with Crippen LogP contribution in [0.25, 0.3) is 0 Å². The van der Waals surface area contributed by atoms with Crippen LogP contribution in [-0.2, 0) is 0 Å². The van der Waals surface area contributed by atoms with Gasteiger partial charge in [0.1, 0.15) is 0 Å². The fourth-order valence-electron chi connectivity index (χ4n) is 3.07. The van der Waals surface area contributed by atoms with Crippen molar-refractivity contribution >= 4 is 6.03 Å². The van der Waals surface area contributed by atoms with E-state index in [1.165, 1.54) is 64.2 Å². The van der Waals surface area contributed by atoms with Gasteiger partial charge >= 0.3 is 6.03 Å². The van der Waals surface area contributed by atoms with E-state index in [-0.39, 0.29) is 6.03 Å². The molecule has 1 N–H and O–H groups in total. The summed E-state index contributed by atoms with van der Waals surface area (Å²) in [5.74, 6) is 0. The summed E-state index contributed by atoms with van der Waals surface area (Å²) in [4.78, 5) is 14.1. The Balaban J connectivity index is 2.35. The van der Waals surface area contributed by atoms with Crippen LogP contribution < -0.4 is 5.32 Å². The van der Waals surface area contributed by atoms with E-state index in [9.17, 15) is 4.79 Å². The summed E-state index contributed by atoms with van der Waals surface area (Å²) in [5, 5.41) is 3.00. The molecule has 0 aromatic heterocycles. The van der Waals surface area contributed by atoms with Crippen molar-refractivity contribution in [3.63, 3.8) is 0 Å². The molecule has 1 fully saturated rings. The first-order valence-electron chi connectivity index (χ1n) is 8.84. The van der Waals surface area contributed by atoms with Crippen molar-refractivity contribution in [3.05, 3.63) is 0 Å². The van der Waals surface area contributed by atoms with E-state index >= 15 is 0 Å². The molecule has 0 aromatic rings. The summed E-state index contributed by atoms with van der Waals surface area (Å²) in [6.07, 6.45) is 13.9. The van der Waals surface area contributed by atoms with Crippen LogP contribution in [-0.4, -0.2) is 30.1 Å². The molecule has 1 atom stereocenters. The van der Waals surface area contributed by atoms with Gasteiger partial charge in [-0.2, -0.15) is 0 Å². The number of nitrogens with zero attached hydrogens (tertiary/aromatic N) is 1. The van der Waals surface area contributed by atoms with Crippen LogP contribution in [0, 0.1) is 0 Å². The highest BCUT2D eigenvalue weighted by molar-refractivity contribution is 5.75. The number of carbonyl (C=O) groups is 1. The predicted molar refractivity (Wildman–Crippen MR) is 86.0 cm³/mol. The number of unbranched alkanes of at least 4 members (excludes halogenated alkanes) is 6. The number of carbonyl (C=O) groups excluding carboxylic acids is 1. The van der Waals surface area contributed by atoms with Crippen molar-refractivity contribution in [2.24, 2.45) is 0 Å². The minimum Gasteiger partial charge on any atom is -0.338 e. The number of rotatable bonds is 11. The van der Waals surface area contributed by atoms with Crippen molar-refractivity contribution in [3.8, 4) is 0 Å². The van der Waals surface area contributed by atoms with E-state index in [2.05, 4.69) is 24.1 Å². The van der Waals surface area contributed by atoms with Gasteiger partial charge in [-0.25, -0.2) is 4.79 Å². The van der Waals surface area contributed by atoms with Gasteiger partial charge in [-0.3, -0.25) is 0 Å². The molecule has 3 heteroatoms. The van der Waals surface area contributed by atoms with Crippen molar-refractivity contribution < 1.29 is 4.79 Å². The fraction of sp³-hybridized carbons (Fsp3) is 0.941. The Morgan fingerprint density at radius 3 is 2.25 bits per heavy atom. The van der Waals surface area contributed by atoms with Crippen molar-refractivity contribution in [1.82, 2.24) is 10.2 Å². The summed E-state index contributed by atoms with van der Waals surface area (Å²) < 4.78 is 0. The van der Waals surface area contributed by atoms with Crippen LogP contribution in [0.15, 0.2) is 0 Å². The van der Waals surface area contributed by atoms with Crippen LogP contribution in [0.1, 0.15) is 84.5 Å². The van der Waals surface area contributed by atoms with E-state index in [1.807, 2.05) is 0 Å². The molecule has 118 valence electrons. The maximum absolute atomic E-state index is 12.0. The molecule has 0 aromatic carbocycles. The van der Waals surface area contributed by atoms with Gasteiger partial charge in [0.05, 0.1) is 0 Å². The number of hydrogen-bond donors (Lipinski definition) is 1. The van der Waals surface area contributed by atoms with Gasteiger partial charge < -0.3 is 10.2 Å². The average molecular weight is 282 g/mol. The van der Waals surface area contributed by atoms with Crippen LogP contribution in [0.3, 0.4) is 0 Å². The monoisotopic (exact) mass is 282 g/mol. The second-order valence-corrected chi connectivity index (χ2v) is 6.13. The number of amides is 2. The summed E-state index contributed by atoms with van der Waals surface area (Å²) in [5.41, 5.74) is 0. The number of urea groups is 1. The minimum atomic E-state index is 0.173. The molecular weight excluding hydrogens is 248 g/mol. The maximum atomic E-state index is 12.0. The molecule has 1 rings (SSSR count). The third-order valence-electron chi connectivity index (χ3n) is 4.34. The molecule has 1 saturated heterocycles. The second-order valence-electron chi connectivity index (χ2n) is 6.13. The van der Waals surface area contributed by atoms with Gasteiger partial charge in [0, 0.05) is 19.1 Å². The quantitative estimate of drug-likeness (QED) is 0.547. The molecule has 0 saturated carbocycles. The zero-order valence-corrected chi connectivity index (χ0v) is 13.6. The fourth-order valence-corrected chi connectivity index (χ4v) is 3.07. The Morgan fingerprint density at radius 2 is 1.60 bits per heavy atom. The molecule has 0 aliphatic carbocycles. The molecule has 0 spiro atoms. The molecule has 1 aliphatic rings. The second kappa shape index (κ2) is 11.0. The van der Waals surface area contributed by atoms with Gasteiger partial charge in [-0.05, 0) is 19.3 Å². The number of nitrogens with one attached hydrogen (secondary N) is 1. The highest BCUT2D eigenvalue weighted by Gasteiger charge is 2.25. The Morgan fingerprint density at radius 1 is 1.00 bits per heavy atom. The van der Waals surface area contributed by atoms with Crippen LogP contribution >= 0.6 is 0 Å².